The number of anilines is 1. The Bertz CT molecular complexity index is 961. The smallest absolute Gasteiger partial charge is 0.242 e. The first kappa shape index (κ1) is 20.6. The zero-order chi connectivity index (χ0) is 20.3. The van der Waals surface area contributed by atoms with Crippen LogP contribution in [0.4, 0.5) is 5.69 Å². The van der Waals surface area contributed by atoms with Crippen molar-refractivity contribution in [1.82, 2.24) is 4.31 Å². The Balaban J connectivity index is 1.69. The van der Waals surface area contributed by atoms with Crippen LogP contribution in [-0.2, 0) is 21.2 Å². The summed E-state index contributed by atoms with van der Waals surface area (Å²) in [6, 6.07) is 11.9. The number of fused-ring (bicyclic) bond motifs is 1. The van der Waals surface area contributed by atoms with Crippen LogP contribution in [0.15, 0.2) is 47.4 Å². The van der Waals surface area contributed by atoms with Gasteiger partial charge in [-0.05, 0) is 60.9 Å². The molecule has 150 valence electrons. The molecule has 1 aliphatic rings. The van der Waals surface area contributed by atoms with Crippen molar-refractivity contribution in [2.24, 2.45) is 0 Å². The van der Waals surface area contributed by atoms with Crippen LogP contribution in [0.1, 0.15) is 18.9 Å². The van der Waals surface area contributed by atoms with Crippen molar-refractivity contribution < 1.29 is 17.9 Å². The Morgan fingerprint density at radius 1 is 1.21 bits per heavy atom. The molecule has 0 N–H and O–H groups in total. The number of ether oxygens (including phenoxy) is 1. The Labute approximate surface area is 170 Å². The average molecular weight is 423 g/mol. The third-order valence-corrected chi connectivity index (χ3v) is 6.85. The summed E-state index contributed by atoms with van der Waals surface area (Å²) in [5.41, 5.74) is 1.68. The number of nitrogens with zero attached hydrogens (tertiary/aromatic N) is 2. The van der Waals surface area contributed by atoms with Crippen LogP contribution in [0.5, 0.6) is 5.75 Å². The molecular weight excluding hydrogens is 400 g/mol. The molecule has 0 aromatic heterocycles. The number of amides is 1. The monoisotopic (exact) mass is 422 g/mol. The number of carbonyl (C=O) groups excluding carboxylic acids is 1. The van der Waals surface area contributed by atoms with E-state index < -0.39 is 10.0 Å². The topological polar surface area (TPSA) is 66.9 Å². The minimum Gasteiger partial charge on any atom is -0.492 e. The molecule has 0 saturated carbocycles. The van der Waals surface area contributed by atoms with E-state index in [1.54, 1.807) is 47.4 Å². The van der Waals surface area contributed by atoms with Gasteiger partial charge in [-0.2, -0.15) is 4.31 Å². The van der Waals surface area contributed by atoms with E-state index in [9.17, 15) is 13.2 Å². The summed E-state index contributed by atoms with van der Waals surface area (Å²) in [7, 11) is -2.11. The summed E-state index contributed by atoms with van der Waals surface area (Å²) < 4.78 is 32.6. The molecule has 2 aromatic rings. The van der Waals surface area contributed by atoms with Gasteiger partial charge in [-0.1, -0.05) is 11.6 Å². The first-order chi connectivity index (χ1) is 13.3. The summed E-state index contributed by atoms with van der Waals surface area (Å²) in [4.78, 5) is 13.7. The predicted octanol–water partition coefficient (Wildman–Crippen LogP) is 3.34. The lowest BCUT2D eigenvalue weighted by Gasteiger charge is -2.29. The van der Waals surface area contributed by atoms with Gasteiger partial charge in [-0.3, -0.25) is 4.79 Å². The van der Waals surface area contributed by atoms with E-state index in [0.29, 0.717) is 17.3 Å². The van der Waals surface area contributed by atoms with Gasteiger partial charge in [-0.15, -0.1) is 0 Å². The number of benzene rings is 2. The number of sulfonamides is 1. The number of hydrogen-bond donors (Lipinski definition) is 0. The van der Waals surface area contributed by atoms with Crippen molar-refractivity contribution in [3.8, 4) is 5.75 Å². The summed E-state index contributed by atoms with van der Waals surface area (Å²) in [6.07, 6.45) is 1.58. The van der Waals surface area contributed by atoms with Crippen molar-refractivity contribution in [1.29, 1.82) is 0 Å². The number of halogens is 1. The lowest BCUT2D eigenvalue weighted by atomic mass is 10.0. The van der Waals surface area contributed by atoms with Gasteiger partial charge >= 0.3 is 0 Å². The fourth-order valence-corrected chi connectivity index (χ4v) is 4.52. The van der Waals surface area contributed by atoms with E-state index in [-0.39, 0.29) is 24.0 Å². The maximum Gasteiger partial charge on any atom is 0.242 e. The molecule has 0 atom stereocenters. The third kappa shape index (κ3) is 4.48. The van der Waals surface area contributed by atoms with Crippen molar-refractivity contribution >= 4 is 33.2 Å². The van der Waals surface area contributed by atoms with Crippen molar-refractivity contribution in [2.75, 3.05) is 31.6 Å². The Morgan fingerprint density at radius 3 is 2.61 bits per heavy atom. The molecule has 3 rings (SSSR count). The molecule has 0 spiro atoms. The molecule has 28 heavy (non-hydrogen) atoms. The minimum atomic E-state index is -3.64. The summed E-state index contributed by atoms with van der Waals surface area (Å²) in [5, 5.41) is 0.614. The number of carbonyl (C=O) groups is 1. The van der Waals surface area contributed by atoms with Crippen LogP contribution in [0.3, 0.4) is 0 Å². The van der Waals surface area contributed by atoms with Gasteiger partial charge in [0, 0.05) is 37.8 Å². The molecule has 0 aliphatic carbocycles. The van der Waals surface area contributed by atoms with Gasteiger partial charge in [0.1, 0.15) is 12.4 Å². The third-order valence-electron chi connectivity index (χ3n) is 4.75. The maximum atomic E-state index is 12.9. The predicted molar refractivity (Wildman–Crippen MR) is 110 cm³/mol. The molecule has 0 unspecified atom stereocenters. The van der Waals surface area contributed by atoms with E-state index in [1.165, 1.54) is 18.3 Å². The normalized spacial score (nSPS) is 14.1. The van der Waals surface area contributed by atoms with E-state index in [2.05, 4.69) is 0 Å². The van der Waals surface area contributed by atoms with Crippen molar-refractivity contribution in [2.45, 2.75) is 24.7 Å². The molecule has 2 aromatic carbocycles. The fourth-order valence-electron chi connectivity index (χ4n) is 3.18. The fraction of sp³-hybridized carbons (Fsp3) is 0.350. The van der Waals surface area contributed by atoms with Crippen LogP contribution in [-0.4, -0.2) is 45.4 Å². The van der Waals surface area contributed by atoms with Crippen LogP contribution < -0.4 is 9.64 Å². The lowest BCUT2D eigenvalue weighted by Crippen LogP contribution is -2.34. The maximum absolute atomic E-state index is 12.9. The van der Waals surface area contributed by atoms with E-state index in [1.807, 2.05) is 0 Å². The van der Waals surface area contributed by atoms with Crippen LogP contribution in [0.25, 0.3) is 0 Å². The number of rotatable bonds is 6. The highest BCUT2D eigenvalue weighted by atomic mass is 35.5. The Kier molecular flexibility index (Phi) is 6.27. The molecular formula is C20H23ClN2O4S. The van der Waals surface area contributed by atoms with Gasteiger partial charge in [0.15, 0.2) is 0 Å². The molecule has 1 aliphatic heterocycles. The minimum absolute atomic E-state index is 0.0342. The second-order valence-corrected chi connectivity index (χ2v) is 9.18. The molecule has 0 saturated heterocycles. The molecule has 8 heteroatoms. The highest BCUT2D eigenvalue weighted by molar-refractivity contribution is 7.89. The highest BCUT2D eigenvalue weighted by Gasteiger charge is 2.25. The van der Waals surface area contributed by atoms with Crippen LogP contribution in [0, 0.1) is 0 Å². The lowest BCUT2D eigenvalue weighted by molar-refractivity contribution is -0.116. The quantitative estimate of drug-likeness (QED) is 0.716. The first-order valence-electron chi connectivity index (χ1n) is 9.05. The number of hydrogen-bond acceptors (Lipinski definition) is 4. The summed E-state index contributed by atoms with van der Waals surface area (Å²) in [6.45, 7) is 2.62. The second kappa shape index (κ2) is 8.51. The van der Waals surface area contributed by atoms with E-state index >= 15 is 0 Å². The molecule has 0 bridgehead atoms. The molecule has 0 fully saturated rings. The zero-order valence-corrected chi connectivity index (χ0v) is 17.5. The standard InChI is InChI=1S/C20H23ClN2O4S/c1-15(24)23-11-3-4-16-14-19(9-10-20(16)23)28(25,26)22(2)12-13-27-18-7-5-17(21)6-8-18/h5-10,14H,3-4,11-13H2,1-2H3. The second-order valence-electron chi connectivity index (χ2n) is 6.69. The molecule has 0 radical (unpaired) electrons. The van der Waals surface area contributed by atoms with Crippen LogP contribution in [0.2, 0.25) is 5.02 Å². The highest BCUT2D eigenvalue weighted by Crippen LogP contribution is 2.30. The van der Waals surface area contributed by atoms with Gasteiger partial charge in [0.25, 0.3) is 0 Å². The zero-order valence-electron chi connectivity index (χ0n) is 15.9. The molecule has 1 amide bonds. The number of likely N-dealkylation sites (N-methyl/N-ethyl adjacent to an activating group) is 1. The Morgan fingerprint density at radius 2 is 1.93 bits per heavy atom. The summed E-state index contributed by atoms with van der Waals surface area (Å²) in [5.74, 6) is 0.598. The van der Waals surface area contributed by atoms with E-state index in [4.69, 9.17) is 16.3 Å². The Hall–Kier alpha value is -2.09. The largest absolute Gasteiger partial charge is 0.492 e. The van der Waals surface area contributed by atoms with E-state index in [0.717, 1.165) is 24.1 Å². The van der Waals surface area contributed by atoms with Crippen molar-refractivity contribution in [3.05, 3.63) is 53.1 Å². The van der Waals surface area contributed by atoms with Crippen LogP contribution >= 0.6 is 11.6 Å². The first-order valence-corrected chi connectivity index (χ1v) is 10.9. The SMILES string of the molecule is CC(=O)N1CCCc2cc(S(=O)(=O)N(C)CCOc3ccc(Cl)cc3)ccc21. The van der Waals surface area contributed by atoms with Gasteiger partial charge in [0.2, 0.25) is 15.9 Å². The van der Waals surface area contributed by atoms with Gasteiger partial charge < -0.3 is 9.64 Å². The molecule has 6 nitrogen and oxygen atoms in total. The number of aryl methyl sites for hydroxylation is 1. The summed E-state index contributed by atoms with van der Waals surface area (Å²) >= 11 is 5.84. The molecule has 1 heterocycles. The average Bonchev–Trinajstić information content (AvgIpc) is 2.68. The van der Waals surface area contributed by atoms with Gasteiger partial charge in [0.05, 0.1) is 4.90 Å². The van der Waals surface area contributed by atoms with Crippen molar-refractivity contribution in [3.63, 3.8) is 0 Å². The van der Waals surface area contributed by atoms with Gasteiger partial charge in [-0.25, -0.2) is 8.42 Å².